The largest absolute Gasteiger partial charge is 0.493 e. The van der Waals surface area contributed by atoms with Crippen molar-refractivity contribution in [3.05, 3.63) is 29.8 Å². The number of aliphatic imine (C=N–C) groups is 1. The Hall–Kier alpha value is -1.82. The number of para-hydroxylation sites is 1. The van der Waals surface area contributed by atoms with E-state index in [0.717, 1.165) is 11.3 Å². The average molecular weight is 250 g/mol. The van der Waals surface area contributed by atoms with Gasteiger partial charge in [0.1, 0.15) is 5.75 Å². The van der Waals surface area contributed by atoms with Crippen LogP contribution in [0, 0.1) is 0 Å². The Bertz CT molecular complexity index is 461. The van der Waals surface area contributed by atoms with Gasteiger partial charge in [0, 0.05) is 5.56 Å². The molecule has 0 aromatic heterocycles. The average Bonchev–Trinajstić information content (AvgIpc) is 2.29. The minimum Gasteiger partial charge on any atom is -0.493 e. The van der Waals surface area contributed by atoms with Gasteiger partial charge >= 0.3 is 0 Å². The third-order valence-corrected chi connectivity index (χ3v) is 2.51. The fourth-order valence-corrected chi connectivity index (χ4v) is 1.84. The molecule has 4 N–H and O–H groups in total. The summed E-state index contributed by atoms with van der Waals surface area (Å²) in [6.45, 7) is 2.54. The summed E-state index contributed by atoms with van der Waals surface area (Å²) < 4.78 is 5.55. The van der Waals surface area contributed by atoms with E-state index in [1.54, 1.807) is 0 Å². The first-order chi connectivity index (χ1) is 8.20. The number of thiocarbonyl (C=S) groups is 1. The molecule has 0 aliphatic carbocycles. The quantitative estimate of drug-likeness (QED) is 0.695. The fraction of sp³-hybridized carbons (Fsp3) is 0.273. The SMILES string of the molecule is CCOc1ccccc1[C@H]1N=C(N)NC(=S)N1. The predicted octanol–water partition coefficient (Wildman–Crippen LogP) is 0.876. The van der Waals surface area contributed by atoms with Crippen LogP contribution in [0.25, 0.3) is 0 Å². The van der Waals surface area contributed by atoms with E-state index in [1.807, 2.05) is 31.2 Å². The van der Waals surface area contributed by atoms with E-state index >= 15 is 0 Å². The molecule has 90 valence electrons. The van der Waals surface area contributed by atoms with Gasteiger partial charge in [-0.05, 0) is 25.2 Å². The summed E-state index contributed by atoms with van der Waals surface area (Å²) in [5, 5.41) is 6.24. The van der Waals surface area contributed by atoms with Crippen LogP contribution in [0.1, 0.15) is 18.7 Å². The van der Waals surface area contributed by atoms with Gasteiger partial charge in [-0.15, -0.1) is 0 Å². The second kappa shape index (κ2) is 5.01. The third-order valence-electron chi connectivity index (χ3n) is 2.29. The van der Waals surface area contributed by atoms with E-state index < -0.39 is 0 Å². The van der Waals surface area contributed by atoms with Crippen LogP contribution in [0.4, 0.5) is 0 Å². The van der Waals surface area contributed by atoms with Crippen molar-refractivity contribution in [3.63, 3.8) is 0 Å². The van der Waals surface area contributed by atoms with Gasteiger partial charge in [0.25, 0.3) is 0 Å². The third kappa shape index (κ3) is 2.65. The molecule has 0 radical (unpaired) electrons. The summed E-state index contributed by atoms with van der Waals surface area (Å²) in [5.74, 6) is 1.10. The lowest BCUT2D eigenvalue weighted by molar-refractivity contribution is 0.333. The maximum Gasteiger partial charge on any atom is 0.197 e. The molecule has 6 heteroatoms. The van der Waals surface area contributed by atoms with Crippen molar-refractivity contribution in [3.8, 4) is 5.75 Å². The highest BCUT2D eigenvalue weighted by Gasteiger charge is 2.20. The van der Waals surface area contributed by atoms with Crippen molar-refractivity contribution in [2.45, 2.75) is 13.1 Å². The molecule has 0 saturated heterocycles. The molecule has 0 bridgehead atoms. The van der Waals surface area contributed by atoms with Crippen LogP contribution in [-0.2, 0) is 0 Å². The Kier molecular flexibility index (Phi) is 3.43. The van der Waals surface area contributed by atoms with Crippen molar-refractivity contribution >= 4 is 23.3 Å². The van der Waals surface area contributed by atoms with Crippen LogP contribution in [0.2, 0.25) is 0 Å². The first-order valence-electron chi connectivity index (χ1n) is 5.33. The minimum absolute atomic E-state index is 0.300. The van der Waals surface area contributed by atoms with Crippen LogP contribution in [0.5, 0.6) is 5.75 Å². The number of nitrogens with one attached hydrogen (secondary N) is 2. The highest BCUT2D eigenvalue weighted by atomic mass is 32.1. The van der Waals surface area contributed by atoms with Gasteiger partial charge in [0.2, 0.25) is 0 Å². The molecule has 0 unspecified atom stereocenters. The number of nitrogens with two attached hydrogens (primary N) is 1. The second-order valence-electron chi connectivity index (χ2n) is 3.49. The molecule has 1 atom stereocenters. The highest BCUT2D eigenvalue weighted by Crippen LogP contribution is 2.26. The van der Waals surface area contributed by atoms with Crippen molar-refractivity contribution in [1.29, 1.82) is 0 Å². The zero-order valence-corrected chi connectivity index (χ0v) is 10.3. The summed E-state index contributed by atoms with van der Waals surface area (Å²) in [6, 6.07) is 7.68. The molecule has 1 aromatic rings. The van der Waals surface area contributed by atoms with Crippen molar-refractivity contribution in [2.24, 2.45) is 10.7 Å². The predicted molar refractivity (Wildman–Crippen MR) is 70.8 cm³/mol. The number of benzene rings is 1. The second-order valence-corrected chi connectivity index (χ2v) is 3.89. The summed E-state index contributed by atoms with van der Waals surface area (Å²) in [6.07, 6.45) is -0.300. The van der Waals surface area contributed by atoms with Crippen molar-refractivity contribution in [1.82, 2.24) is 10.6 Å². The summed E-state index contributed by atoms with van der Waals surface area (Å²) >= 11 is 5.04. The van der Waals surface area contributed by atoms with Gasteiger partial charge in [0.15, 0.2) is 17.2 Å². The Labute approximate surface area is 105 Å². The van der Waals surface area contributed by atoms with Crippen molar-refractivity contribution < 1.29 is 4.74 Å². The van der Waals surface area contributed by atoms with Crippen LogP contribution in [-0.4, -0.2) is 17.7 Å². The lowest BCUT2D eigenvalue weighted by atomic mass is 10.1. The Balaban J connectivity index is 2.33. The molecule has 5 nitrogen and oxygen atoms in total. The van der Waals surface area contributed by atoms with E-state index in [4.69, 9.17) is 22.7 Å². The molecule has 0 fully saturated rings. The van der Waals surface area contributed by atoms with Gasteiger partial charge in [-0.1, -0.05) is 18.2 Å². The Morgan fingerprint density at radius 3 is 2.94 bits per heavy atom. The zero-order chi connectivity index (χ0) is 12.3. The Morgan fingerprint density at radius 2 is 2.24 bits per heavy atom. The first-order valence-corrected chi connectivity index (χ1v) is 5.74. The highest BCUT2D eigenvalue weighted by molar-refractivity contribution is 7.80. The van der Waals surface area contributed by atoms with Gasteiger partial charge in [-0.25, -0.2) is 4.99 Å². The van der Waals surface area contributed by atoms with Crippen molar-refractivity contribution in [2.75, 3.05) is 6.61 Å². The molecule has 17 heavy (non-hydrogen) atoms. The van der Waals surface area contributed by atoms with Gasteiger partial charge in [0.05, 0.1) is 6.61 Å². The van der Waals surface area contributed by atoms with Gasteiger partial charge in [-0.2, -0.15) is 0 Å². The first kappa shape index (κ1) is 11.7. The summed E-state index contributed by atoms with van der Waals surface area (Å²) in [4.78, 5) is 4.25. The van der Waals surface area contributed by atoms with Crippen LogP contribution >= 0.6 is 12.2 Å². The smallest absolute Gasteiger partial charge is 0.197 e. The lowest BCUT2D eigenvalue weighted by Crippen LogP contribution is -2.49. The van der Waals surface area contributed by atoms with Crippen LogP contribution in [0.3, 0.4) is 0 Å². The van der Waals surface area contributed by atoms with Gasteiger partial charge < -0.3 is 21.1 Å². The molecule has 1 heterocycles. The van der Waals surface area contributed by atoms with E-state index in [9.17, 15) is 0 Å². The molecule has 2 rings (SSSR count). The molecule has 1 aliphatic rings. The lowest BCUT2D eigenvalue weighted by Gasteiger charge is -2.24. The number of guanidine groups is 1. The number of rotatable bonds is 3. The molecule has 1 aliphatic heterocycles. The molecule has 0 saturated carbocycles. The van der Waals surface area contributed by atoms with Crippen LogP contribution in [0.15, 0.2) is 29.3 Å². The maximum atomic E-state index is 5.65. The standard InChI is InChI=1S/C11H14N4OS/c1-2-16-8-6-4-3-5-7(8)9-13-10(12)15-11(17)14-9/h3-6,9H,2H2,1H3,(H4,12,13,14,15,17)/t9-/m0/s1. The summed E-state index contributed by atoms with van der Waals surface area (Å²) in [7, 11) is 0. The fourth-order valence-electron chi connectivity index (χ4n) is 1.62. The molecular weight excluding hydrogens is 236 g/mol. The number of nitrogens with zero attached hydrogens (tertiary/aromatic N) is 1. The number of ether oxygens (including phenoxy) is 1. The van der Waals surface area contributed by atoms with E-state index in [0.29, 0.717) is 17.7 Å². The topological polar surface area (TPSA) is 71.7 Å². The Morgan fingerprint density at radius 1 is 1.47 bits per heavy atom. The molecule has 1 aromatic carbocycles. The maximum absolute atomic E-state index is 5.65. The molecule has 0 spiro atoms. The normalized spacial score (nSPS) is 19.0. The zero-order valence-electron chi connectivity index (χ0n) is 9.43. The van der Waals surface area contributed by atoms with E-state index in [1.165, 1.54) is 0 Å². The van der Waals surface area contributed by atoms with E-state index in [2.05, 4.69) is 15.6 Å². The monoisotopic (exact) mass is 250 g/mol. The minimum atomic E-state index is -0.300. The van der Waals surface area contributed by atoms with E-state index in [-0.39, 0.29) is 6.17 Å². The summed E-state index contributed by atoms with van der Waals surface area (Å²) in [5.41, 5.74) is 6.57. The number of hydrogen-bond donors (Lipinski definition) is 3. The molecular formula is C11H14N4OS. The van der Waals surface area contributed by atoms with Crippen LogP contribution < -0.4 is 21.1 Å². The number of hydrogen-bond acceptors (Lipinski definition) is 4. The van der Waals surface area contributed by atoms with Gasteiger partial charge in [-0.3, -0.25) is 0 Å². The molecule has 0 amide bonds.